The Labute approximate surface area is 95.0 Å². The number of unbranched alkanes of at least 4 members (excludes halogenated alkanes) is 3. The third kappa shape index (κ3) is 5.53. The quantitative estimate of drug-likeness (QED) is 0.637. The summed E-state index contributed by atoms with van der Waals surface area (Å²) in [5.41, 5.74) is 5.92. The number of nitrogens with one attached hydrogen (secondary N) is 1. The largest absolute Gasteiger partial charge is 0.330 e. The first-order valence-corrected chi connectivity index (χ1v) is 6.72. The van der Waals surface area contributed by atoms with Crippen LogP contribution in [0.15, 0.2) is 0 Å². The molecular weight excluding hydrogens is 184 g/mol. The van der Waals surface area contributed by atoms with Crippen molar-refractivity contribution in [3.63, 3.8) is 0 Å². The molecule has 0 aromatic heterocycles. The van der Waals surface area contributed by atoms with Crippen molar-refractivity contribution in [2.24, 2.45) is 5.73 Å². The number of nitrogens with two attached hydrogens (primary N) is 1. The van der Waals surface area contributed by atoms with E-state index in [1.54, 1.807) is 0 Å². The predicted molar refractivity (Wildman–Crippen MR) is 67.0 cm³/mol. The molecule has 1 aliphatic rings. The van der Waals surface area contributed by atoms with Crippen LogP contribution in [0.4, 0.5) is 0 Å². The first-order chi connectivity index (χ1) is 7.27. The highest BCUT2D eigenvalue weighted by Crippen LogP contribution is 2.27. The lowest BCUT2D eigenvalue weighted by atomic mass is 9.83. The van der Waals surface area contributed by atoms with Crippen LogP contribution in [0, 0.1) is 0 Å². The minimum Gasteiger partial charge on any atom is -0.330 e. The van der Waals surface area contributed by atoms with Crippen molar-refractivity contribution in [2.45, 2.75) is 70.3 Å². The van der Waals surface area contributed by atoms with Crippen molar-refractivity contribution in [3.8, 4) is 0 Å². The Kier molecular flexibility index (Phi) is 6.26. The second-order valence-corrected chi connectivity index (χ2v) is 5.25. The molecule has 0 aromatic rings. The SMILES string of the molecule is CC1(NCCCCCCN)CCCCC1. The Morgan fingerprint density at radius 2 is 1.67 bits per heavy atom. The van der Waals surface area contributed by atoms with Crippen molar-refractivity contribution in [2.75, 3.05) is 13.1 Å². The summed E-state index contributed by atoms with van der Waals surface area (Å²) in [6, 6.07) is 0. The molecule has 0 aliphatic heterocycles. The van der Waals surface area contributed by atoms with Crippen LogP contribution in [-0.2, 0) is 0 Å². The second kappa shape index (κ2) is 7.24. The van der Waals surface area contributed by atoms with Gasteiger partial charge in [-0.05, 0) is 45.7 Å². The van der Waals surface area contributed by atoms with Gasteiger partial charge in [0.2, 0.25) is 0 Å². The molecule has 15 heavy (non-hydrogen) atoms. The van der Waals surface area contributed by atoms with E-state index in [9.17, 15) is 0 Å². The average molecular weight is 212 g/mol. The standard InChI is InChI=1S/C13H28N2/c1-13(9-5-4-6-10-13)15-12-8-3-2-7-11-14/h15H,2-12,14H2,1H3. The van der Waals surface area contributed by atoms with Crippen LogP contribution in [-0.4, -0.2) is 18.6 Å². The maximum absolute atomic E-state index is 5.47. The van der Waals surface area contributed by atoms with Gasteiger partial charge in [-0.2, -0.15) is 0 Å². The summed E-state index contributed by atoms with van der Waals surface area (Å²) < 4.78 is 0. The Morgan fingerprint density at radius 3 is 2.33 bits per heavy atom. The minimum absolute atomic E-state index is 0.451. The van der Waals surface area contributed by atoms with Crippen molar-refractivity contribution in [3.05, 3.63) is 0 Å². The van der Waals surface area contributed by atoms with Crippen molar-refractivity contribution in [1.29, 1.82) is 0 Å². The van der Waals surface area contributed by atoms with Gasteiger partial charge in [-0.3, -0.25) is 0 Å². The van der Waals surface area contributed by atoms with Gasteiger partial charge in [0, 0.05) is 5.54 Å². The lowest BCUT2D eigenvalue weighted by Gasteiger charge is -2.34. The van der Waals surface area contributed by atoms with Crippen molar-refractivity contribution < 1.29 is 0 Å². The monoisotopic (exact) mass is 212 g/mol. The molecule has 0 spiro atoms. The van der Waals surface area contributed by atoms with Crippen molar-refractivity contribution >= 4 is 0 Å². The van der Waals surface area contributed by atoms with E-state index in [4.69, 9.17) is 5.73 Å². The third-order valence-corrected chi connectivity index (χ3v) is 3.64. The molecule has 0 bridgehead atoms. The number of hydrogen-bond acceptors (Lipinski definition) is 2. The summed E-state index contributed by atoms with van der Waals surface area (Å²) in [6.07, 6.45) is 12.1. The van der Waals surface area contributed by atoms with E-state index in [-0.39, 0.29) is 0 Å². The molecule has 0 aromatic carbocycles. The first kappa shape index (κ1) is 13.0. The molecule has 0 radical (unpaired) electrons. The molecule has 0 atom stereocenters. The van der Waals surface area contributed by atoms with Crippen LogP contribution >= 0.6 is 0 Å². The van der Waals surface area contributed by atoms with Crippen LogP contribution in [0.3, 0.4) is 0 Å². The molecule has 0 saturated heterocycles. The summed E-state index contributed by atoms with van der Waals surface area (Å²) in [7, 11) is 0. The fourth-order valence-electron chi connectivity index (χ4n) is 2.52. The van der Waals surface area contributed by atoms with Gasteiger partial charge in [-0.25, -0.2) is 0 Å². The predicted octanol–water partition coefficient (Wildman–Crippen LogP) is 2.82. The highest BCUT2D eigenvalue weighted by molar-refractivity contribution is 4.85. The molecule has 3 N–H and O–H groups in total. The van der Waals surface area contributed by atoms with Gasteiger partial charge in [-0.15, -0.1) is 0 Å². The van der Waals surface area contributed by atoms with Crippen LogP contribution in [0.25, 0.3) is 0 Å². The van der Waals surface area contributed by atoms with E-state index >= 15 is 0 Å². The summed E-state index contributed by atoms with van der Waals surface area (Å²) in [4.78, 5) is 0. The molecule has 1 saturated carbocycles. The summed E-state index contributed by atoms with van der Waals surface area (Å²) in [6.45, 7) is 4.44. The van der Waals surface area contributed by atoms with Gasteiger partial charge < -0.3 is 11.1 Å². The van der Waals surface area contributed by atoms with Crippen LogP contribution in [0.2, 0.25) is 0 Å². The van der Waals surface area contributed by atoms with E-state index in [2.05, 4.69) is 12.2 Å². The molecule has 2 heteroatoms. The highest BCUT2D eigenvalue weighted by Gasteiger charge is 2.25. The zero-order valence-corrected chi connectivity index (χ0v) is 10.4. The van der Waals surface area contributed by atoms with Crippen LogP contribution in [0.1, 0.15) is 64.7 Å². The van der Waals surface area contributed by atoms with Gasteiger partial charge in [0.1, 0.15) is 0 Å². The van der Waals surface area contributed by atoms with E-state index in [0.717, 1.165) is 6.54 Å². The normalized spacial score (nSPS) is 20.4. The molecule has 0 heterocycles. The Bertz CT molecular complexity index is 151. The van der Waals surface area contributed by atoms with Gasteiger partial charge in [0.05, 0.1) is 0 Å². The topological polar surface area (TPSA) is 38.0 Å². The molecule has 2 nitrogen and oxygen atoms in total. The van der Waals surface area contributed by atoms with Crippen molar-refractivity contribution in [1.82, 2.24) is 5.32 Å². The number of hydrogen-bond donors (Lipinski definition) is 2. The fourth-order valence-corrected chi connectivity index (χ4v) is 2.52. The molecular formula is C13H28N2. The smallest absolute Gasteiger partial charge is 0.0153 e. The van der Waals surface area contributed by atoms with E-state index in [1.807, 2.05) is 0 Å². The van der Waals surface area contributed by atoms with Crippen LogP contribution < -0.4 is 11.1 Å². The lowest BCUT2D eigenvalue weighted by molar-refractivity contribution is 0.253. The zero-order valence-electron chi connectivity index (χ0n) is 10.4. The fraction of sp³-hybridized carbons (Fsp3) is 1.00. The first-order valence-electron chi connectivity index (χ1n) is 6.72. The Balaban J connectivity index is 1.98. The van der Waals surface area contributed by atoms with E-state index in [0.29, 0.717) is 5.54 Å². The van der Waals surface area contributed by atoms with Gasteiger partial charge in [0.15, 0.2) is 0 Å². The highest BCUT2D eigenvalue weighted by atomic mass is 15.0. The molecule has 1 fully saturated rings. The van der Waals surface area contributed by atoms with Gasteiger partial charge in [-0.1, -0.05) is 32.1 Å². The maximum atomic E-state index is 5.47. The van der Waals surface area contributed by atoms with Crippen LogP contribution in [0.5, 0.6) is 0 Å². The van der Waals surface area contributed by atoms with Gasteiger partial charge >= 0.3 is 0 Å². The molecule has 0 amide bonds. The minimum atomic E-state index is 0.451. The zero-order chi connectivity index (χ0) is 11.0. The molecule has 1 rings (SSSR count). The van der Waals surface area contributed by atoms with E-state index in [1.165, 1.54) is 64.3 Å². The average Bonchev–Trinajstić information content (AvgIpc) is 2.24. The Hall–Kier alpha value is -0.0800. The maximum Gasteiger partial charge on any atom is 0.0153 e. The van der Waals surface area contributed by atoms with E-state index < -0.39 is 0 Å². The molecule has 90 valence electrons. The summed E-state index contributed by atoms with van der Waals surface area (Å²) in [5.74, 6) is 0. The third-order valence-electron chi connectivity index (χ3n) is 3.64. The van der Waals surface area contributed by atoms with Gasteiger partial charge in [0.25, 0.3) is 0 Å². The molecule has 0 unspecified atom stereocenters. The lowest BCUT2D eigenvalue weighted by Crippen LogP contribution is -2.44. The molecule has 1 aliphatic carbocycles. The summed E-state index contributed by atoms with van der Waals surface area (Å²) in [5, 5.41) is 3.74. The second-order valence-electron chi connectivity index (χ2n) is 5.25. The number of rotatable bonds is 7. The Morgan fingerprint density at radius 1 is 1.00 bits per heavy atom. The summed E-state index contributed by atoms with van der Waals surface area (Å²) >= 11 is 0.